The Morgan fingerprint density at radius 1 is 0.533 bits per heavy atom. The number of nitrogens with one attached hydrogen (secondary N) is 2. The lowest BCUT2D eigenvalue weighted by Gasteiger charge is -2.08. The first kappa shape index (κ1) is 26.9. The summed E-state index contributed by atoms with van der Waals surface area (Å²) in [4.78, 5) is 17.5. The number of fused-ring (bicyclic) bond motifs is 8. The van der Waals surface area contributed by atoms with E-state index < -0.39 is 0 Å². The second-order valence-electron chi connectivity index (χ2n) is 10.8. The van der Waals surface area contributed by atoms with Gasteiger partial charge in [-0.25, -0.2) is 9.97 Å². The fourth-order valence-electron chi connectivity index (χ4n) is 5.77. The number of anilines is 1. The third-order valence-electron chi connectivity index (χ3n) is 7.84. The average molecular weight is 649 g/mol. The Kier molecular flexibility index (Phi) is 6.65. The van der Waals surface area contributed by atoms with Crippen LogP contribution in [-0.2, 0) is 0 Å². The third-order valence-corrected chi connectivity index (χ3v) is 8.66. The number of aromatic amines is 2. The summed E-state index contributed by atoms with van der Waals surface area (Å²) in [5, 5.41) is 0. The van der Waals surface area contributed by atoms with E-state index in [1.165, 1.54) is 0 Å². The molecule has 8 rings (SSSR count). The number of H-pyrrole nitrogens is 2. The maximum absolute atomic E-state index is 6.60. The summed E-state index contributed by atoms with van der Waals surface area (Å²) in [5.41, 5.74) is 17.5. The van der Waals surface area contributed by atoms with Crippen molar-refractivity contribution >= 4 is 68.0 Å². The van der Waals surface area contributed by atoms with E-state index in [0.29, 0.717) is 17.2 Å². The summed E-state index contributed by atoms with van der Waals surface area (Å²) in [7, 11) is 0. The molecule has 5 heterocycles. The molecular formula is C38H26BrN5O. The zero-order chi connectivity index (χ0) is 30.3. The molecule has 45 heavy (non-hydrogen) atoms. The molecule has 6 aromatic rings. The number of aromatic nitrogens is 4. The Morgan fingerprint density at radius 3 is 1.53 bits per heavy atom. The van der Waals surface area contributed by atoms with Crippen molar-refractivity contribution in [2.24, 2.45) is 0 Å². The number of hydrogen-bond acceptors (Lipinski definition) is 4. The average Bonchev–Trinajstić information content (AvgIpc) is 3.90. The summed E-state index contributed by atoms with van der Waals surface area (Å²) in [5.74, 6) is 1.27. The highest BCUT2D eigenvalue weighted by Crippen LogP contribution is 2.37. The molecule has 2 aliphatic rings. The monoisotopic (exact) mass is 647 g/mol. The molecule has 3 aromatic heterocycles. The van der Waals surface area contributed by atoms with Crippen molar-refractivity contribution < 1.29 is 4.74 Å². The molecule has 0 saturated heterocycles. The van der Waals surface area contributed by atoms with Gasteiger partial charge in [-0.1, -0.05) is 66.7 Å². The molecule has 0 saturated carbocycles. The van der Waals surface area contributed by atoms with E-state index in [9.17, 15) is 0 Å². The van der Waals surface area contributed by atoms with Crippen molar-refractivity contribution in [2.45, 2.75) is 0 Å². The Hall–Kier alpha value is -5.66. The second-order valence-corrected chi connectivity index (χ2v) is 11.6. The largest absolute Gasteiger partial charge is 0.453 e. The van der Waals surface area contributed by atoms with Crippen LogP contribution in [0.2, 0.25) is 0 Å². The highest BCUT2D eigenvalue weighted by Gasteiger charge is 2.17. The molecule has 0 aliphatic carbocycles. The quantitative estimate of drug-likeness (QED) is 0.166. The number of nitrogens with two attached hydrogens (primary N) is 1. The number of benzene rings is 3. The van der Waals surface area contributed by atoms with Crippen molar-refractivity contribution in [1.29, 1.82) is 0 Å². The fourth-order valence-corrected chi connectivity index (χ4v) is 6.21. The van der Waals surface area contributed by atoms with Crippen LogP contribution in [0.15, 0.2) is 114 Å². The summed E-state index contributed by atoms with van der Waals surface area (Å²) < 4.78 is 7.43. The summed E-state index contributed by atoms with van der Waals surface area (Å²) in [6, 6.07) is 36.2. The van der Waals surface area contributed by atoms with Gasteiger partial charge in [0.05, 0.1) is 38.3 Å². The van der Waals surface area contributed by atoms with Gasteiger partial charge in [0, 0.05) is 33.9 Å². The third kappa shape index (κ3) is 5.03. The predicted octanol–water partition coefficient (Wildman–Crippen LogP) is 10.1. The van der Waals surface area contributed by atoms with Crippen LogP contribution in [0.25, 0.3) is 68.6 Å². The molecule has 8 bridgehead atoms. The summed E-state index contributed by atoms with van der Waals surface area (Å²) in [6.07, 6.45) is 8.15. The number of hydrogen-bond donors (Lipinski definition) is 3. The minimum atomic E-state index is 0.624. The standard InChI is InChI=1S/C38H26BrN5O/c39-37-31-18-14-27(41-31)35(23-8-3-1-4-9-23)29-16-20-33(43-29)38(45-26-13-7-12-25(40)22-26)34-21-17-30(44-34)36(24-10-5-2-6-11-24)28-15-19-32(37)42-28/h1-22,43-44H,40H2. The molecule has 6 nitrogen and oxygen atoms in total. The van der Waals surface area contributed by atoms with E-state index >= 15 is 0 Å². The second kappa shape index (κ2) is 11.1. The molecule has 0 unspecified atom stereocenters. The number of halogens is 1. The van der Waals surface area contributed by atoms with Crippen LogP contribution < -0.4 is 10.5 Å². The summed E-state index contributed by atoms with van der Waals surface area (Å²) >= 11 is 3.82. The van der Waals surface area contributed by atoms with Gasteiger partial charge in [0.1, 0.15) is 5.75 Å². The van der Waals surface area contributed by atoms with Gasteiger partial charge >= 0.3 is 0 Å². The lowest BCUT2D eigenvalue weighted by Crippen LogP contribution is -1.90. The summed E-state index contributed by atoms with van der Waals surface area (Å²) in [6.45, 7) is 0. The topological polar surface area (TPSA) is 92.6 Å². The van der Waals surface area contributed by atoms with Crippen molar-refractivity contribution in [3.8, 4) is 33.8 Å². The molecule has 0 spiro atoms. The Labute approximate surface area is 267 Å². The highest BCUT2D eigenvalue weighted by molar-refractivity contribution is 9.10. The number of ether oxygens (including phenoxy) is 1. The van der Waals surface area contributed by atoms with Crippen LogP contribution in [-0.4, -0.2) is 19.9 Å². The molecule has 0 atom stereocenters. The molecular weight excluding hydrogens is 622 g/mol. The minimum absolute atomic E-state index is 0.624. The van der Waals surface area contributed by atoms with Crippen molar-refractivity contribution in [1.82, 2.24) is 19.9 Å². The molecule has 4 N–H and O–H groups in total. The zero-order valence-corrected chi connectivity index (χ0v) is 25.5. The minimum Gasteiger partial charge on any atom is -0.453 e. The van der Waals surface area contributed by atoms with Gasteiger partial charge in [0.2, 0.25) is 0 Å². The smallest absolute Gasteiger partial charge is 0.174 e. The van der Waals surface area contributed by atoms with Crippen LogP contribution in [0.4, 0.5) is 5.69 Å². The first-order valence-corrected chi connectivity index (χ1v) is 15.4. The molecule has 216 valence electrons. The van der Waals surface area contributed by atoms with Gasteiger partial charge in [0.15, 0.2) is 5.75 Å². The number of rotatable bonds is 4. The van der Waals surface area contributed by atoms with Gasteiger partial charge in [-0.15, -0.1) is 0 Å². The normalized spacial score (nSPS) is 12.0. The lowest BCUT2D eigenvalue weighted by atomic mass is 10.0. The molecule has 7 heteroatoms. The van der Waals surface area contributed by atoms with Gasteiger partial charge in [0.25, 0.3) is 0 Å². The molecule has 0 amide bonds. The van der Waals surface area contributed by atoms with Gasteiger partial charge in [-0.2, -0.15) is 0 Å². The van der Waals surface area contributed by atoms with E-state index in [1.807, 2.05) is 97.1 Å². The van der Waals surface area contributed by atoms with Crippen molar-refractivity contribution in [3.05, 3.63) is 136 Å². The predicted molar refractivity (Wildman–Crippen MR) is 188 cm³/mol. The van der Waals surface area contributed by atoms with Crippen LogP contribution in [0.5, 0.6) is 11.5 Å². The highest BCUT2D eigenvalue weighted by atomic mass is 79.9. The molecule has 0 fully saturated rings. The van der Waals surface area contributed by atoms with Crippen LogP contribution >= 0.6 is 15.9 Å². The maximum atomic E-state index is 6.60. The van der Waals surface area contributed by atoms with Crippen LogP contribution in [0.3, 0.4) is 0 Å². The van der Waals surface area contributed by atoms with Gasteiger partial charge in [-0.3, -0.25) is 0 Å². The first-order valence-electron chi connectivity index (χ1n) is 14.6. The van der Waals surface area contributed by atoms with Crippen LogP contribution in [0.1, 0.15) is 22.8 Å². The van der Waals surface area contributed by atoms with E-state index in [2.05, 4.69) is 62.3 Å². The zero-order valence-electron chi connectivity index (χ0n) is 24.0. The van der Waals surface area contributed by atoms with E-state index in [4.69, 9.17) is 20.4 Å². The Bertz CT molecular complexity index is 2180. The fraction of sp³-hybridized carbons (Fsp3) is 0. The SMILES string of the molecule is Nc1cccc(Oc2c3ccc([nH]3)c(-c3ccccc3)c3nc(c(Br)c4nc(c(-c5ccccc5)c5ccc2[nH]5)C=C4)C=C3)c1. The van der Waals surface area contributed by atoms with Crippen molar-refractivity contribution in [3.63, 3.8) is 0 Å². The molecule has 0 radical (unpaired) electrons. The Balaban J connectivity index is 1.51. The number of nitrogens with zero attached hydrogens (tertiary/aromatic N) is 2. The molecule has 3 aromatic carbocycles. The molecule has 2 aliphatic heterocycles. The van der Waals surface area contributed by atoms with Gasteiger partial charge in [-0.05, 0) is 87.8 Å². The van der Waals surface area contributed by atoms with Crippen molar-refractivity contribution in [2.75, 3.05) is 5.73 Å². The Morgan fingerprint density at radius 2 is 1.02 bits per heavy atom. The van der Waals surface area contributed by atoms with E-state index in [-0.39, 0.29) is 0 Å². The number of nitrogen functional groups attached to an aromatic ring is 1. The van der Waals surface area contributed by atoms with E-state index in [0.717, 1.165) is 71.6 Å². The first-order chi connectivity index (χ1) is 22.1. The lowest BCUT2D eigenvalue weighted by molar-refractivity contribution is 0.492. The van der Waals surface area contributed by atoms with E-state index in [1.54, 1.807) is 0 Å². The van der Waals surface area contributed by atoms with Crippen LogP contribution in [0, 0.1) is 0 Å². The maximum Gasteiger partial charge on any atom is 0.174 e. The van der Waals surface area contributed by atoms with Gasteiger partial charge < -0.3 is 20.4 Å².